The molecule has 1 heterocycles. The van der Waals surface area contributed by atoms with E-state index in [9.17, 15) is 4.79 Å². The lowest BCUT2D eigenvalue weighted by Crippen LogP contribution is -2.07. The van der Waals surface area contributed by atoms with Crippen molar-refractivity contribution in [2.75, 3.05) is 0 Å². The van der Waals surface area contributed by atoms with Gasteiger partial charge >= 0.3 is 5.97 Å². The molecule has 0 saturated carbocycles. The molecule has 1 N–H and O–H groups in total. The predicted molar refractivity (Wildman–Crippen MR) is 75.8 cm³/mol. The Morgan fingerprint density at radius 3 is 2.60 bits per heavy atom. The molecule has 104 valence electrons. The molecule has 0 bridgehead atoms. The number of nitrogens with zero attached hydrogens (tertiary/aromatic N) is 1. The lowest BCUT2D eigenvalue weighted by molar-refractivity contribution is -0.138. The van der Waals surface area contributed by atoms with Crippen molar-refractivity contribution in [1.29, 1.82) is 0 Å². The summed E-state index contributed by atoms with van der Waals surface area (Å²) in [5, 5.41) is 8.96. The van der Waals surface area contributed by atoms with Crippen LogP contribution in [0.5, 0.6) is 5.75 Å². The summed E-state index contributed by atoms with van der Waals surface area (Å²) in [6.45, 7) is 4.01. The topological polar surface area (TPSA) is 59.4 Å². The quantitative estimate of drug-likeness (QED) is 0.907. The minimum Gasteiger partial charge on any atom is -0.487 e. The van der Waals surface area contributed by atoms with Crippen molar-refractivity contribution in [3.8, 4) is 5.75 Å². The normalized spacial score (nSPS) is 11.9. The first-order valence-corrected chi connectivity index (χ1v) is 6.44. The highest BCUT2D eigenvalue weighted by atomic mass is 16.5. The third kappa shape index (κ3) is 3.35. The number of aliphatic carboxylic acids is 1. The van der Waals surface area contributed by atoms with Crippen molar-refractivity contribution in [3.63, 3.8) is 0 Å². The number of ether oxygens (including phenoxy) is 1. The number of aryl methyl sites for hydroxylation is 1. The standard InChI is InChI=1S/C16H17NO3/c1-11(16(18)19)14-7-5-13(6-8-14)10-20-15-4-3-9-17-12(15)2/h3-9,11H,10H2,1-2H3,(H,18,19). The maximum Gasteiger partial charge on any atom is 0.310 e. The van der Waals surface area contributed by atoms with Crippen molar-refractivity contribution < 1.29 is 14.6 Å². The molecule has 4 nitrogen and oxygen atoms in total. The maximum atomic E-state index is 10.9. The second-order valence-corrected chi connectivity index (χ2v) is 4.68. The summed E-state index contributed by atoms with van der Waals surface area (Å²) in [6.07, 6.45) is 1.73. The summed E-state index contributed by atoms with van der Waals surface area (Å²) in [7, 11) is 0. The van der Waals surface area contributed by atoms with Crippen LogP contribution in [0, 0.1) is 6.92 Å². The van der Waals surface area contributed by atoms with E-state index >= 15 is 0 Å². The van der Waals surface area contributed by atoms with Gasteiger partial charge in [-0.15, -0.1) is 0 Å². The number of rotatable bonds is 5. The molecule has 0 amide bonds. The molecule has 4 heteroatoms. The Labute approximate surface area is 118 Å². The van der Waals surface area contributed by atoms with Gasteiger partial charge in [-0.1, -0.05) is 24.3 Å². The van der Waals surface area contributed by atoms with E-state index in [2.05, 4.69) is 4.98 Å². The van der Waals surface area contributed by atoms with E-state index in [1.54, 1.807) is 13.1 Å². The molecular formula is C16H17NO3. The highest BCUT2D eigenvalue weighted by Gasteiger charge is 2.13. The molecule has 0 radical (unpaired) electrons. The Balaban J connectivity index is 2.01. The van der Waals surface area contributed by atoms with Gasteiger partial charge in [-0.05, 0) is 37.1 Å². The third-order valence-electron chi connectivity index (χ3n) is 3.20. The second-order valence-electron chi connectivity index (χ2n) is 4.68. The zero-order chi connectivity index (χ0) is 14.5. The highest BCUT2D eigenvalue weighted by molar-refractivity contribution is 5.75. The van der Waals surface area contributed by atoms with E-state index in [4.69, 9.17) is 9.84 Å². The smallest absolute Gasteiger partial charge is 0.310 e. The summed E-state index contributed by atoms with van der Waals surface area (Å²) in [5.41, 5.74) is 2.64. The number of pyridine rings is 1. The van der Waals surface area contributed by atoms with E-state index in [-0.39, 0.29) is 0 Å². The van der Waals surface area contributed by atoms with Crippen LogP contribution in [0.3, 0.4) is 0 Å². The molecule has 0 saturated heterocycles. The molecule has 0 aliphatic rings. The summed E-state index contributed by atoms with van der Waals surface area (Å²) >= 11 is 0. The molecule has 1 aromatic carbocycles. The largest absolute Gasteiger partial charge is 0.487 e. The molecule has 0 spiro atoms. The Morgan fingerprint density at radius 2 is 2.00 bits per heavy atom. The van der Waals surface area contributed by atoms with Crippen molar-refractivity contribution in [2.24, 2.45) is 0 Å². The number of carboxylic acids is 1. The van der Waals surface area contributed by atoms with Crippen LogP contribution in [0.1, 0.15) is 29.7 Å². The van der Waals surface area contributed by atoms with Crippen LogP contribution < -0.4 is 4.74 Å². The highest BCUT2D eigenvalue weighted by Crippen LogP contribution is 2.18. The first-order valence-electron chi connectivity index (χ1n) is 6.44. The number of carbonyl (C=O) groups is 1. The Bertz CT molecular complexity index is 593. The molecule has 2 aromatic rings. The molecule has 20 heavy (non-hydrogen) atoms. The Kier molecular flexibility index (Phi) is 4.35. The molecule has 1 unspecified atom stereocenters. The van der Waals surface area contributed by atoms with Gasteiger partial charge in [0, 0.05) is 6.20 Å². The molecule has 1 atom stereocenters. The summed E-state index contributed by atoms with van der Waals surface area (Å²) in [5.74, 6) is -0.555. The van der Waals surface area contributed by atoms with Crippen LogP contribution in [0.2, 0.25) is 0 Å². The lowest BCUT2D eigenvalue weighted by atomic mass is 10.0. The molecule has 0 fully saturated rings. The van der Waals surface area contributed by atoms with Crippen LogP contribution in [-0.2, 0) is 11.4 Å². The van der Waals surface area contributed by atoms with Crippen LogP contribution in [-0.4, -0.2) is 16.1 Å². The van der Waals surface area contributed by atoms with Gasteiger partial charge in [0.15, 0.2) is 0 Å². The molecular weight excluding hydrogens is 254 g/mol. The van der Waals surface area contributed by atoms with Crippen molar-refractivity contribution in [3.05, 3.63) is 59.4 Å². The van der Waals surface area contributed by atoms with Gasteiger partial charge in [0.2, 0.25) is 0 Å². The van der Waals surface area contributed by atoms with Gasteiger partial charge in [-0.2, -0.15) is 0 Å². The van der Waals surface area contributed by atoms with Gasteiger partial charge in [0.25, 0.3) is 0 Å². The Morgan fingerprint density at radius 1 is 1.30 bits per heavy atom. The lowest BCUT2D eigenvalue weighted by Gasteiger charge is -2.10. The zero-order valence-electron chi connectivity index (χ0n) is 11.5. The van der Waals surface area contributed by atoms with Crippen LogP contribution >= 0.6 is 0 Å². The fourth-order valence-corrected chi connectivity index (χ4v) is 1.83. The fraction of sp³-hybridized carbons (Fsp3) is 0.250. The van der Waals surface area contributed by atoms with E-state index in [1.165, 1.54) is 0 Å². The monoisotopic (exact) mass is 271 g/mol. The number of benzene rings is 1. The zero-order valence-corrected chi connectivity index (χ0v) is 11.5. The molecule has 2 rings (SSSR count). The first-order chi connectivity index (χ1) is 9.58. The van der Waals surface area contributed by atoms with Crippen molar-refractivity contribution in [2.45, 2.75) is 26.4 Å². The van der Waals surface area contributed by atoms with Crippen molar-refractivity contribution >= 4 is 5.97 Å². The van der Waals surface area contributed by atoms with Crippen molar-refractivity contribution in [1.82, 2.24) is 4.98 Å². The minimum absolute atomic E-state index is 0.439. The van der Waals surface area contributed by atoms with E-state index in [1.807, 2.05) is 43.3 Å². The molecule has 1 aromatic heterocycles. The average Bonchev–Trinajstić information content (AvgIpc) is 2.46. The van der Waals surface area contributed by atoms with E-state index in [0.717, 1.165) is 22.6 Å². The number of hydrogen-bond acceptors (Lipinski definition) is 3. The molecule has 0 aliphatic carbocycles. The Hall–Kier alpha value is -2.36. The van der Waals surface area contributed by atoms with Crippen LogP contribution in [0.4, 0.5) is 0 Å². The minimum atomic E-state index is -0.819. The summed E-state index contributed by atoms with van der Waals surface area (Å²) in [6, 6.07) is 11.1. The van der Waals surface area contributed by atoms with Gasteiger partial charge in [-0.3, -0.25) is 9.78 Å². The van der Waals surface area contributed by atoms with Gasteiger partial charge in [-0.25, -0.2) is 0 Å². The van der Waals surface area contributed by atoms with E-state index in [0.29, 0.717) is 6.61 Å². The number of hydrogen-bond donors (Lipinski definition) is 1. The average molecular weight is 271 g/mol. The van der Waals surface area contributed by atoms with Crippen LogP contribution in [0.15, 0.2) is 42.6 Å². The molecule has 0 aliphatic heterocycles. The SMILES string of the molecule is Cc1ncccc1OCc1ccc(C(C)C(=O)O)cc1. The second kappa shape index (κ2) is 6.19. The summed E-state index contributed by atoms with van der Waals surface area (Å²) in [4.78, 5) is 15.1. The van der Waals surface area contributed by atoms with Gasteiger partial charge < -0.3 is 9.84 Å². The maximum absolute atomic E-state index is 10.9. The summed E-state index contributed by atoms with van der Waals surface area (Å²) < 4.78 is 5.69. The van der Waals surface area contributed by atoms with E-state index < -0.39 is 11.9 Å². The van der Waals surface area contributed by atoms with Gasteiger partial charge in [0.1, 0.15) is 12.4 Å². The number of carboxylic acid groups (broad SMARTS) is 1. The van der Waals surface area contributed by atoms with Crippen LogP contribution in [0.25, 0.3) is 0 Å². The van der Waals surface area contributed by atoms with Gasteiger partial charge in [0.05, 0.1) is 11.6 Å². The third-order valence-corrected chi connectivity index (χ3v) is 3.20. The number of aromatic nitrogens is 1. The predicted octanol–water partition coefficient (Wildman–Crippen LogP) is 3.16. The fourth-order valence-electron chi connectivity index (χ4n) is 1.83. The first kappa shape index (κ1) is 14.1.